The predicted octanol–water partition coefficient (Wildman–Crippen LogP) is 3.65. The van der Waals surface area contributed by atoms with Crippen molar-refractivity contribution in [2.45, 2.75) is 19.3 Å². The average molecular weight is 318 g/mol. The topological polar surface area (TPSA) is 37.4 Å². The van der Waals surface area contributed by atoms with Gasteiger partial charge in [-0.1, -0.05) is 28.1 Å². The van der Waals surface area contributed by atoms with E-state index in [1.807, 2.05) is 36.4 Å². The van der Waals surface area contributed by atoms with Crippen LogP contribution in [0.4, 0.5) is 5.69 Å². The first kappa shape index (κ1) is 12.4. The van der Waals surface area contributed by atoms with Crippen molar-refractivity contribution < 1.29 is 9.59 Å². The van der Waals surface area contributed by atoms with E-state index in [0.717, 1.165) is 15.2 Å². The quantitative estimate of drug-likeness (QED) is 0.753. The largest absolute Gasteiger partial charge is 0.274 e. The number of carbonyl (C=O) groups is 2. The fourth-order valence-electron chi connectivity index (χ4n) is 2.38. The van der Waals surface area contributed by atoms with E-state index in [0.29, 0.717) is 24.9 Å². The van der Waals surface area contributed by atoms with Crippen molar-refractivity contribution in [3.63, 3.8) is 0 Å². The number of amides is 2. The zero-order chi connectivity index (χ0) is 13.4. The van der Waals surface area contributed by atoms with E-state index < -0.39 is 0 Å². The van der Waals surface area contributed by atoms with E-state index >= 15 is 0 Å². The number of hydrogen-bond acceptors (Lipinski definition) is 2. The number of benzene rings is 2. The minimum Gasteiger partial charge on any atom is -0.274 e. The Morgan fingerprint density at radius 3 is 2.26 bits per heavy atom. The summed E-state index contributed by atoms with van der Waals surface area (Å²) < 4.78 is 1.01. The molecule has 96 valence electrons. The number of fused-ring (bicyclic) bond motifs is 1. The molecule has 1 aliphatic heterocycles. The highest BCUT2D eigenvalue weighted by Crippen LogP contribution is 2.27. The number of nitrogens with zero attached hydrogens (tertiary/aromatic N) is 1. The van der Waals surface area contributed by atoms with Crippen LogP contribution in [0.25, 0.3) is 10.8 Å². The molecular weight excluding hydrogens is 306 g/mol. The maximum absolute atomic E-state index is 11.9. The fourth-order valence-corrected chi connectivity index (χ4v) is 2.76. The summed E-state index contributed by atoms with van der Waals surface area (Å²) >= 11 is 3.43. The second-order valence-electron chi connectivity index (χ2n) is 4.65. The van der Waals surface area contributed by atoms with Crippen LogP contribution in [-0.2, 0) is 9.59 Å². The van der Waals surface area contributed by atoms with Crippen LogP contribution in [0.1, 0.15) is 19.3 Å². The van der Waals surface area contributed by atoms with E-state index in [-0.39, 0.29) is 11.8 Å². The SMILES string of the molecule is O=C1CCCC(=O)N1c1ccc2cc(Br)ccc2c1. The highest BCUT2D eigenvalue weighted by atomic mass is 79.9. The van der Waals surface area contributed by atoms with Crippen molar-refractivity contribution in [3.8, 4) is 0 Å². The third kappa shape index (κ3) is 2.28. The van der Waals surface area contributed by atoms with Gasteiger partial charge in [-0.3, -0.25) is 14.5 Å². The van der Waals surface area contributed by atoms with Gasteiger partial charge in [-0.15, -0.1) is 0 Å². The molecule has 0 N–H and O–H groups in total. The van der Waals surface area contributed by atoms with Crippen LogP contribution in [0.5, 0.6) is 0 Å². The lowest BCUT2D eigenvalue weighted by atomic mass is 10.1. The molecule has 1 heterocycles. The number of halogens is 1. The minimum absolute atomic E-state index is 0.104. The van der Waals surface area contributed by atoms with Gasteiger partial charge < -0.3 is 0 Å². The van der Waals surface area contributed by atoms with E-state index in [9.17, 15) is 9.59 Å². The lowest BCUT2D eigenvalue weighted by Crippen LogP contribution is -2.40. The molecule has 0 aromatic heterocycles. The van der Waals surface area contributed by atoms with Gasteiger partial charge >= 0.3 is 0 Å². The molecule has 3 rings (SSSR count). The fraction of sp³-hybridized carbons (Fsp3) is 0.200. The molecule has 0 radical (unpaired) electrons. The lowest BCUT2D eigenvalue weighted by Gasteiger charge is -2.25. The van der Waals surface area contributed by atoms with Crippen molar-refractivity contribution in [1.29, 1.82) is 0 Å². The number of imide groups is 1. The molecular formula is C15H12BrNO2. The molecule has 2 aromatic rings. The van der Waals surface area contributed by atoms with Crippen molar-refractivity contribution in [1.82, 2.24) is 0 Å². The van der Waals surface area contributed by atoms with E-state index in [4.69, 9.17) is 0 Å². The summed E-state index contributed by atoms with van der Waals surface area (Å²) in [6.07, 6.45) is 1.56. The van der Waals surface area contributed by atoms with Gasteiger partial charge in [-0.2, -0.15) is 0 Å². The number of anilines is 1. The molecule has 3 nitrogen and oxygen atoms in total. The standard InChI is InChI=1S/C15H12BrNO2/c16-12-6-4-11-9-13(7-5-10(11)8-12)17-14(18)2-1-3-15(17)19/h4-9H,1-3H2. The van der Waals surface area contributed by atoms with Gasteiger partial charge in [0.15, 0.2) is 0 Å². The van der Waals surface area contributed by atoms with Gasteiger partial charge in [0.05, 0.1) is 5.69 Å². The Morgan fingerprint density at radius 1 is 0.895 bits per heavy atom. The normalized spacial score (nSPS) is 16.2. The first-order valence-corrected chi connectivity index (χ1v) is 6.99. The summed E-state index contributed by atoms with van der Waals surface area (Å²) in [5, 5.41) is 2.10. The average Bonchev–Trinajstić information content (AvgIpc) is 2.38. The molecule has 0 saturated carbocycles. The molecule has 1 aliphatic rings. The second kappa shape index (κ2) is 4.78. The molecule has 2 amide bonds. The highest BCUT2D eigenvalue weighted by molar-refractivity contribution is 9.10. The zero-order valence-corrected chi connectivity index (χ0v) is 11.8. The Kier molecular flexibility index (Phi) is 3.11. The van der Waals surface area contributed by atoms with Gasteiger partial charge in [0.2, 0.25) is 11.8 Å². The van der Waals surface area contributed by atoms with Gasteiger partial charge in [0.1, 0.15) is 0 Å². The maximum atomic E-state index is 11.9. The molecule has 0 unspecified atom stereocenters. The minimum atomic E-state index is -0.104. The monoisotopic (exact) mass is 317 g/mol. The Labute approximate surface area is 119 Å². The molecule has 0 aliphatic carbocycles. The van der Waals surface area contributed by atoms with Crippen LogP contribution in [0, 0.1) is 0 Å². The Bertz CT molecular complexity index is 665. The predicted molar refractivity (Wildman–Crippen MR) is 78.0 cm³/mol. The number of rotatable bonds is 1. The van der Waals surface area contributed by atoms with Crippen LogP contribution in [0.15, 0.2) is 40.9 Å². The summed E-state index contributed by atoms with van der Waals surface area (Å²) in [7, 11) is 0. The van der Waals surface area contributed by atoms with Gasteiger partial charge in [0, 0.05) is 17.3 Å². The first-order chi connectivity index (χ1) is 9.15. The molecule has 19 heavy (non-hydrogen) atoms. The summed E-state index contributed by atoms with van der Waals surface area (Å²) in [6.45, 7) is 0. The van der Waals surface area contributed by atoms with Crippen LogP contribution in [-0.4, -0.2) is 11.8 Å². The van der Waals surface area contributed by atoms with Crippen molar-refractivity contribution in [3.05, 3.63) is 40.9 Å². The Balaban J connectivity index is 2.07. The molecule has 0 spiro atoms. The highest BCUT2D eigenvalue weighted by Gasteiger charge is 2.27. The summed E-state index contributed by atoms with van der Waals surface area (Å²) in [5.74, 6) is -0.208. The second-order valence-corrected chi connectivity index (χ2v) is 5.57. The third-order valence-corrected chi connectivity index (χ3v) is 3.82. The summed E-state index contributed by atoms with van der Waals surface area (Å²) in [5.41, 5.74) is 0.671. The molecule has 1 saturated heterocycles. The van der Waals surface area contributed by atoms with E-state index in [1.165, 1.54) is 4.90 Å². The molecule has 0 atom stereocenters. The van der Waals surface area contributed by atoms with E-state index in [1.54, 1.807) is 0 Å². The third-order valence-electron chi connectivity index (χ3n) is 3.32. The van der Waals surface area contributed by atoms with Crippen LogP contribution < -0.4 is 4.90 Å². The van der Waals surface area contributed by atoms with Crippen molar-refractivity contribution in [2.75, 3.05) is 4.90 Å². The number of hydrogen-bond donors (Lipinski definition) is 0. The molecule has 1 fully saturated rings. The zero-order valence-electron chi connectivity index (χ0n) is 10.2. The Hall–Kier alpha value is -1.68. The van der Waals surface area contributed by atoms with Crippen LogP contribution in [0.3, 0.4) is 0 Å². The summed E-state index contributed by atoms with van der Waals surface area (Å²) in [6, 6.07) is 11.6. The Morgan fingerprint density at radius 2 is 1.53 bits per heavy atom. The number of piperidine rings is 1. The van der Waals surface area contributed by atoms with Gasteiger partial charge in [-0.05, 0) is 41.5 Å². The molecule has 2 aromatic carbocycles. The van der Waals surface area contributed by atoms with E-state index in [2.05, 4.69) is 15.9 Å². The van der Waals surface area contributed by atoms with Crippen LogP contribution >= 0.6 is 15.9 Å². The van der Waals surface area contributed by atoms with Crippen molar-refractivity contribution >= 4 is 44.2 Å². The van der Waals surface area contributed by atoms with Gasteiger partial charge in [-0.25, -0.2) is 0 Å². The lowest BCUT2D eigenvalue weighted by molar-refractivity contribution is -0.129. The maximum Gasteiger partial charge on any atom is 0.233 e. The smallest absolute Gasteiger partial charge is 0.233 e. The van der Waals surface area contributed by atoms with Crippen molar-refractivity contribution in [2.24, 2.45) is 0 Å². The number of carbonyl (C=O) groups excluding carboxylic acids is 2. The van der Waals surface area contributed by atoms with Gasteiger partial charge in [0.25, 0.3) is 0 Å². The first-order valence-electron chi connectivity index (χ1n) is 6.20. The molecule has 4 heteroatoms. The summed E-state index contributed by atoms with van der Waals surface area (Å²) in [4.78, 5) is 25.1. The molecule has 0 bridgehead atoms. The van der Waals surface area contributed by atoms with Crippen LogP contribution in [0.2, 0.25) is 0 Å².